The van der Waals surface area contributed by atoms with Crippen LogP contribution in [0.2, 0.25) is 0 Å². The summed E-state index contributed by atoms with van der Waals surface area (Å²) in [7, 11) is 6.65. The standard InChI is InChI=1S/C12H18N2O2.C8H9BrO2.C4H10N2.CH4/c1-15-10-3-4-12(16-2)11(9-10)14-7-5-13-6-8-14;1-10-6-3-4-8(11-2)7(9)5-6;1-2-6-4-3-5-1;/h3-4,9,13H,5-8H2,1-2H3;3-5H,1-2H3;5-6H,1-4H2;1H4. The van der Waals surface area contributed by atoms with E-state index in [1.807, 2.05) is 36.4 Å². The van der Waals surface area contributed by atoms with Crippen LogP contribution < -0.4 is 39.8 Å². The van der Waals surface area contributed by atoms with Crippen molar-refractivity contribution in [2.24, 2.45) is 0 Å². The maximum absolute atomic E-state index is 5.38. The zero-order chi connectivity index (χ0) is 23.9. The van der Waals surface area contributed by atoms with Crippen LogP contribution in [0.25, 0.3) is 0 Å². The van der Waals surface area contributed by atoms with E-state index in [1.165, 1.54) is 0 Å². The summed E-state index contributed by atoms with van der Waals surface area (Å²) >= 11 is 3.34. The highest BCUT2D eigenvalue weighted by molar-refractivity contribution is 9.10. The lowest BCUT2D eigenvalue weighted by molar-refractivity contribution is 0.401. The van der Waals surface area contributed by atoms with E-state index in [4.69, 9.17) is 18.9 Å². The molecule has 34 heavy (non-hydrogen) atoms. The van der Waals surface area contributed by atoms with Crippen molar-refractivity contribution in [3.05, 3.63) is 40.9 Å². The Bertz CT molecular complexity index is 804. The maximum Gasteiger partial charge on any atom is 0.142 e. The van der Waals surface area contributed by atoms with Crippen molar-refractivity contribution >= 4 is 21.6 Å². The highest BCUT2D eigenvalue weighted by Gasteiger charge is 2.15. The molecule has 0 bridgehead atoms. The van der Waals surface area contributed by atoms with E-state index in [9.17, 15) is 0 Å². The molecule has 8 nitrogen and oxygen atoms in total. The van der Waals surface area contributed by atoms with Crippen LogP contribution in [0.3, 0.4) is 0 Å². The molecule has 2 saturated heterocycles. The number of benzene rings is 2. The van der Waals surface area contributed by atoms with E-state index in [0.29, 0.717) is 0 Å². The Balaban J connectivity index is 0.000000278. The van der Waals surface area contributed by atoms with Gasteiger partial charge in [0.2, 0.25) is 0 Å². The summed E-state index contributed by atoms with van der Waals surface area (Å²) in [6.45, 7) is 8.59. The first-order valence-electron chi connectivity index (χ1n) is 11.1. The van der Waals surface area contributed by atoms with Crippen molar-refractivity contribution in [2.45, 2.75) is 7.43 Å². The van der Waals surface area contributed by atoms with Gasteiger partial charge in [-0.05, 0) is 46.3 Å². The highest BCUT2D eigenvalue weighted by atomic mass is 79.9. The summed E-state index contributed by atoms with van der Waals surface area (Å²) in [5.41, 5.74) is 1.11. The Kier molecular flexibility index (Phi) is 15.1. The number of hydrogen-bond acceptors (Lipinski definition) is 8. The first-order chi connectivity index (χ1) is 16.1. The molecule has 2 aliphatic heterocycles. The van der Waals surface area contributed by atoms with Gasteiger partial charge in [0.1, 0.15) is 23.0 Å². The first-order valence-corrected chi connectivity index (χ1v) is 11.9. The second-order valence-electron chi connectivity index (χ2n) is 7.28. The van der Waals surface area contributed by atoms with Crippen molar-refractivity contribution in [3.8, 4) is 23.0 Å². The van der Waals surface area contributed by atoms with E-state index in [0.717, 1.165) is 85.5 Å². The van der Waals surface area contributed by atoms with Gasteiger partial charge >= 0.3 is 0 Å². The summed E-state index contributed by atoms with van der Waals surface area (Å²) < 4.78 is 21.6. The summed E-state index contributed by atoms with van der Waals surface area (Å²) in [6.07, 6.45) is 0. The van der Waals surface area contributed by atoms with Crippen LogP contribution >= 0.6 is 15.9 Å². The number of anilines is 1. The quantitative estimate of drug-likeness (QED) is 0.532. The Hall–Kier alpha value is -2.20. The monoisotopic (exact) mass is 540 g/mol. The molecule has 0 atom stereocenters. The molecule has 2 aliphatic rings. The predicted molar refractivity (Wildman–Crippen MR) is 144 cm³/mol. The van der Waals surface area contributed by atoms with Gasteiger partial charge in [-0.15, -0.1) is 0 Å². The number of methoxy groups -OCH3 is 4. The largest absolute Gasteiger partial charge is 0.497 e. The van der Waals surface area contributed by atoms with Crippen LogP contribution in [0.4, 0.5) is 5.69 Å². The Morgan fingerprint density at radius 1 is 0.647 bits per heavy atom. The molecule has 2 fully saturated rings. The minimum Gasteiger partial charge on any atom is -0.497 e. The van der Waals surface area contributed by atoms with Crippen LogP contribution in [-0.2, 0) is 0 Å². The molecule has 0 unspecified atom stereocenters. The second-order valence-corrected chi connectivity index (χ2v) is 8.13. The van der Waals surface area contributed by atoms with Gasteiger partial charge in [-0.25, -0.2) is 0 Å². The van der Waals surface area contributed by atoms with Crippen molar-refractivity contribution in [3.63, 3.8) is 0 Å². The van der Waals surface area contributed by atoms with E-state index >= 15 is 0 Å². The average Bonchev–Trinajstić information content (AvgIpc) is 2.90. The Morgan fingerprint density at radius 2 is 1.12 bits per heavy atom. The first kappa shape index (κ1) is 29.8. The maximum atomic E-state index is 5.38. The number of ether oxygens (including phenoxy) is 4. The van der Waals surface area contributed by atoms with Gasteiger partial charge in [0, 0.05) is 58.4 Å². The summed E-state index contributed by atoms with van der Waals surface area (Å²) in [4.78, 5) is 2.32. The lowest BCUT2D eigenvalue weighted by Crippen LogP contribution is -2.43. The molecule has 4 rings (SSSR count). The number of nitrogens with zero attached hydrogens (tertiary/aromatic N) is 1. The molecule has 0 saturated carbocycles. The van der Waals surface area contributed by atoms with E-state index in [2.05, 4.69) is 36.8 Å². The minimum atomic E-state index is 0. The van der Waals surface area contributed by atoms with Crippen molar-refractivity contribution in [1.29, 1.82) is 0 Å². The molecule has 3 N–H and O–H groups in total. The van der Waals surface area contributed by atoms with Gasteiger partial charge in [-0.2, -0.15) is 0 Å². The van der Waals surface area contributed by atoms with Gasteiger partial charge in [-0.3, -0.25) is 0 Å². The number of nitrogens with one attached hydrogen (secondary N) is 3. The Morgan fingerprint density at radius 3 is 1.56 bits per heavy atom. The minimum absolute atomic E-state index is 0. The van der Waals surface area contributed by atoms with Crippen LogP contribution in [0.5, 0.6) is 23.0 Å². The number of piperazine rings is 2. The van der Waals surface area contributed by atoms with Crippen LogP contribution in [-0.4, -0.2) is 80.8 Å². The molecule has 9 heteroatoms. The van der Waals surface area contributed by atoms with Gasteiger partial charge in [0.05, 0.1) is 38.6 Å². The average molecular weight is 542 g/mol. The summed E-state index contributed by atoms with van der Waals surface area (Å²) in [6, 6.07) is 11.5. The van der Waals surface area contributed by atoms with Crippen molar-refractivity contribution in [2.75, 3.05) is 85.7 Å². The zero-order valence-corrected chi connectivity index (χ0v) is 21.7. The lowest BCUT2D eigenvalue weighted by Gasteiger charge is -2.30. The smallest absolute Gasteiger partial charge is 0.142 e. The third-order valence-corrected chi connectivity index (χ3v) is 5.78. The van der Waals surface area contributed by atoms with Crippen LogP contribution in [0, 0.1) is 0 Å². The van der Waals surface area contributed by atoms with Gasteiger partial charge in [-0.1, -0.05) is 7.43 Å². The molecule has 0 amide bonds. The molecule has 0 aliphatic carbocycles. The molecule has 2 aromatic carbocycles. The van der Waals surface area contributed by atoms with E-state index in [-0.39, 0.29) is 7.43 Å². The third-order valence-electron chi connectivity index (χ3n) is 5.16. The molecule has 0 spiro atoms. The van der Waals surface area contributed by atoms with Crippen LogP contribution in [0.15, 0.2) is 40.9 Å². The SMILES string of the molecule is C.C1CNCCN1.COc1ccc(OC)c(Br)c1.COc1ccc(OC)c(N2CCNCC2)c1. The van der Waals surface area contributed by atoms with E-state index < -0.39 is 0 Å². The fraction of sp³-hybridized carbons (Fsp3) is 0.520. The number of halogens is 1. The molecular weight excluding hydrogens is 500 g/mol. The molecule has 192 valence electrons. The van der Waals surface area contributed by atoms with Gasteiger partial charge in [0.15, 0.2) is 0 Å². The molecule has 2 aromatic rings. The van der Waals surface area contributed by atoms with Crippen LogP contribution in [0.1, 0.15) is 7.43 Å². The topological polar surface area (TPSA) is 76.2 Å². The third kappa shape index (κ3) is 9.97. The highest BCUT2D eigenvalue weighted by Crippen LogP contribution is 2.32. The molecule has 2 heterocycles. The molecule has 0 radical (unpaired) electrons. The number of rotatable bonds is 5. The molecule has 0 aromatic heterocycles. The zero-order valence-electron chi connectivity index (χ0n) is 20.1. The van der Waals surface area contributed by atoms with Crippen molar-refractivity contribution in [1.82, 2.24) is 16.0 Å². The van der Waals surface area contributed by atoms with Gasteiger partial charge < -0.3 is 39.8 Å². The summed E-state index contributed by atoms with van der Waals surface area (Å²) in [5, 5.41) is 9.78. The Labute approximate surface area is 213 Å². The molecular formula is C25H41BrN4O4. The lowest BCUT2D eigenvalue weighted by atomic mass is 10.2. The fourth-order valence-electron chi connectivity index (χ4n) is 3.33. The predicted octanol–water partition coefficient (Wildman–Crippen LogP) is 3.40. The normalized spacial score (nSPS) is 14.8. The number of hydrogen-bond donors (Lipinski definition) is 3. The summed E-state index contributed by atoms with van der Waals surface area (Å²) in [5.74, 6) is 3.40. The second kappa shape index (κ2) is 17.3. The van der Waals surface area contributed by atoms with E-state index in [1.54, 1.807) is 28.4 Å². The fourth-order valence-corrected chi connectivity index (χ4v) is 3.85. The van der Waals surface area contributed by atoms with Crippen molar-refractivity contribution < 1.29 is 18.9 Å². The van der Waals surface area contributed by atoms with Gasteiger partial charge in [0.25, 0.3) is 0 Å².